The number of aryl methyl sites for hydroxylation is 1. The van der Waals surface area contributed by atoms with Gasteiger partial charge in [-0.05, 0) is 18.5 Å². The molecule has 8 nitrogen and oxygen atoms in total. The van der Waals surface area contributed by atoms with Gasteiger partial charge in [-0.25, -0.2) is 0 Å². The number of hydrogen-bond acceptors (Lipinski definition) is 7. The minimum absolute atomic E-state index is 0. The zero-order valence-corrected chi connectivity index (χ0v) is 32.3. The first-order chi connectivity index (χ1) is 15.3. The van der Waals surface area contributed by atoms with Crippen LogP contribution in [0.3, 0.4) is 0 Å². The van der Waals surface area contributed by atoms with Crippen LogP contribution in [0.5, 0.6) is 0 Å². The molecule has 0 atom stereocenters. The number of rotatable bonds is 2. The number of alkyl halides is 3. The van der Waals surface area contributed by atoms with Crippen LogP contribution in [0, 0.1) is 44.0 Å². The summed E-state index contributed by atoms with van der Waals surface area (Å²) in [6, 6.07) is 0. The first kappa shape index (κ1) is 53.1. The van der Waals surface area contributed by atoms with Gasteiger partial charge in [-0.2, -0.15) is 5.21 Å². The quantitative estimate of drug-likeness (QED) is 0.130. The van der Waals surface area contributed by atoms with E-state index in [0.717, 1.165) is 5.82 Å². The van der Waals surface area contributed by atoms with Crippen LogP contribution in [0.15, 0.2) is 4.42 Å². The van der Waals surface area contributed by atoms with Crippen molar-refractivity contribution in [2.45, 2.75) is 62.2 Å². The number of carbonyl (C=O) groups is 1. The van der Waals surface area contributed by atoms with E-state index in [1.807, 2.05) is 33.6 Å². The molecule has 0 aliphatic heterocycles. The zero-order chi connectivity index (χ0) is 26.8. The molecule has 199 valence electrons. The predicted molar refractivity (Wildman–Crippen MR) is 156 cm³/mol. The van der Waals surface area contributed by atoms with Crippen LogP contribution in [-0.2, 0) is 60.5 Å². The van der Waals surface area contributed by atoms with Gasteiger partial charge in [0.15, 0.2) is 5.82 Å². The predicted octanol–water partition coefficient (Wildman–Crippen LogP) is 5.97. The van der Waals surface area contributed by atoms with Crippen molar-refractivity contribution in [3.05, 3.63) is 36.9 Å². The van der Waals surface area contributed by atoms with E-state index in [0.29, 0.717) is 28.0 Å². The number of aromatic nitrogens is 6. The molecule has 2 aromatic rings. The van der Waals surface area contributed by atoms with Gasteiger partial charge >= 0.3 is 0 Å². The van der Waals surface area contributed by atoms with Crippen LogP contribution in [0.4, 0.5) is 0 Å². The first-order valence-electron chi connectivity index (χ1n) is 9.03. The van der Waals surface area contributed by atoms with E-state index in [-0.39, 0.29) is 62.8 Å². The molecule has 1 N–H and O–H groups in total. The van der Waals surface area contributed by atoms with Gasteiger partial charge in [0.2, 0.25) is 17.0 Å². The summed E-state index contributed by atoms with van der Waals surface area (Å²) in [5, 5.41) is 20.5. The van der Waals surface area contributed by atoms with Gasteiger partial charge in [0.05, 0.1) is 1.93 Å². The fourth-order valence-corrected chi connectivity index (χ4v) is 0.959. The molecule has 0 saturated heterocycles. The Kier molecular flexibility index (Phi) is 59.4. The molecule has 0 fully saturated rings. The summed E-state index contributed by atoms with van der Waals surface area (Å²) in [6.07, 6.45) is 18.5. The molecule has 0 amide bonds. The molecular weight excluding hydrogens is 937 g/mol. The van der Waals surface area contributed by atoms with Crippen LogP contribution in [0.2, 0.25) is 0 Å². The standard InChI is InChI=1S/C6H10N2O.C4H8N4.C3HI2.C3H2I.C3H3.C2H3ClO.3V/c1-4(2)6-8-7-5(3)9-6;1-3(2)4-5-7-8-6-4;1-2-3(4)5;1-2-3-4;1-3-2;1-2(3)4;;;/h4H,1-3H3;3H,1-2H3,(H,5,6,7,8);3H;3H2;1H3;1H3;;;/q;;3*-1;;;;. The molecule has 36 heavy (non-hydrogen) atoms. The van der Waals surface area contributed by atoms with Crippen molar-refractivity contribution >= 4 is 84.6 Å². The van der Waals surface area contributed by atoms with Crippen LogP contribution in [-0.4, -0.2) is 42.4 Å². The summed E-state index contributed by atoms with van der Waals surface area (Å²) in [7, 11) is 0. The molecule has 15 heteroatoms. The number of nitrogens with one attached hydrogen (secondary N) is 1. The van der Waals surface area contributed by atoms with Crippen molar-refractivity contribution in [2.24, 2.45) is 0 Å². The third kappa shape index (κ3) is 51.4. The van der Waals surface area contributed by atoms with E-state index < -0.39 is 0 Å². The number of carbonyl (C=O) groups excluding carboxylic acids is 1. The van der Waals surface area contributed by atoms with Crippen molar-refractivity contribution in [2.75, 3.05) is 4.43 Å². The average molecular weight is 964 g/mol. The number of hydrogen-bond donors (Lipinski definition) is 1. The second-order valence-corrected chi connectivity index (χ2v) is 11.9. The molecule has 0 aliphatic rings. The molecule has 0 saturated carbocycles. The van der Waals surface area contributed by atoms with E-state index in [9.17, 15) is 4.79 Å². The molecule has 0 bridgehead atoms. The van der Waals surface area contributed by atoms with Gasteiger partial charge in [-0.1, -0.05) is 101 Å². The van der Waals surface area contributed by atoms with Gasteiger partial charge in [-0.15, -0.1) is 20.4 Å². The number of halogens is 4. The number of H-pyrrole nitrogens is 1. The maximum Gasteiger partial charge on any atom is 0.219 e. The van der Waals surface area contributed by atoms with Crippen LogP contribution < -0.4 is 0 Å². The van der Waals surface area contributed by atoms with E-state index >= 15 is 0 Å². The minimum atomic E-state index is -0.361. The molecule has 0 aromatic carbocycles. The van der Waals surface area contributed by atoms with Gasteiger partial charge < -0.3 is 41.4 Å². The van der Waals surface area contributed by atoms with Gasteiger partial charge in [-0.3, -0.25) is 4.79 Å². The average Bonchev–Trinajstić information content (AvgIpc) is 3.41. The molecule has 0 spiro atoms. The van der Waals surface area contributed by atoms with Gasteiger partial charge in [0.1, 0.15) is 0 Å². The van der Waals surface area contributed by atoms with Gasteiger partial charge in [0, 0.05) is 85.8 Å². The number of aromatic amines is 1. The Labute approximate surface area is 297 Å². The second-order valence-electron chi connectivity index (χ2n) is 5.71. The van der Waals surface area contributed by atoms with Gasteiger partial charge in [0.25, 0.3) is 0 Å². The first-order valence-corrected chi connectivity index (χ1v) is 13.4. The molecular formula is C21H27ClI3N6O2V3-3. The Balaban J connectivity index is -0.0000000578. The summed E-state index contributed by atoms with van der Waals surface area (Å²) in [5.74, 6) is 9.25. The summed E-state index contributed by atoms with van der Waals surface area (Å²) in [4.78, 5) is 9.21. The third-order valence-electron chi connectivity index (χ3n) is 2.09. The molecule has 0 unspecified atom stereocenters. The summed E-state index contributed by atoms with van der Waals surface area (Å²) < 4.78 is 6.07. The smallest absolute Gasteiger partial charge is 0.219 e. The molecule has 2 heterocycles. The SMILES string of the molecule is CC(=O)Cl.CC(C)c1nn[nH]n1.Cc1nnc(C(C)C)o1.[C-]#CC.[C-]#CC(I)I.[C-]#CCI.[V].[V].[V]. The van der Waals surface area contributed by atoms with Crippen LogP contribution in [0.1, 0.15) is 71.0 Å². The van der Waals surface area contributed by atoms with Crippen molar-refractivity contribution in [3.8, 4) is 17.8 Å². The fourth-order valence-electron chi connectivity index (χ4n) is 0.959. The Morgan fingerprint density at radius 2 is 1.44 bits per heavy atom. The summed E-state index contributed by atoms with van der Waals surface area (Å²) in [6.45, 7) is 12.7. The van der Waals surface area contributed by atoms with E-state index in [2.05, 4.69) is 122 Å². The fraction of sp³-hybridized carbons (Fsp3) is 0.524. The van der Waals surface area contributed by atoms with E-state index in [4.69, 9.17) is 23.7 Å². The van der Waals surface area contributed by atoms with E-state index in [1.54, 1.807) is 13.8 Å². The Morgan fingerprint density at radius 1 is 1.06 bits per heavy atom. The summed E-state index contributed by atoms with van der Waals surface area (Å²) >= 11 is 10.9. The van der Waals surface area contributed by atoms with Crippen LogP contribution >= 0.6 is 79.4 Å². The Morgan fingerprint density at radius 3 is 1.56 bits per heavy atom. The largest absolute Gasteiger partial charge is 0.694 e. The maximum absolute atomic E-state index is 9.21. The van der Waals surface area contributed by atoms with Crippen molar-refractivity contribution in [1.82, 2.24) is 30.8 Å². The van der Waals surface area contributed by atoms with E-state index in [1.165, 1.54) is 6.92 Å². The number of tetrazole rings is 1. The van der Waals surface area contributed by atoms with Crippen LogP contribution in [0.25, 0.3) is 0 Å². The normalized spacial score (nSPS) is 7.53. The topological polar surface area (TPSA) is 110 Å². The maximum atomic E-state index is 9.21. The summed E-state index contributed by atoms with van der Waals surface area (Å²) in [5.41, 5.74) is 0. The molecule has 2 rings (SSSR count). The second kappa shape index (κ2) is 40.3. The monoisotopic (exact) mass is 964 g/mol. The Bertz CT molecular complexity index is 831. The number of nitrogens with zero attached hydrogens (tertiary/aromatic N) is 5. The zero-order valence-electron chi connectivity index (χ0n) is 20.8. The van der Waals surface area contributed by atoms with Crippen molar-refractivity contribution < 1.29 is 64.9 Å². The molecule has 3 radical (unpaired) electrons. The molecule has 2 aromatic heterocycles. The van der Waals surface area contributed by atoms with Crippen molar-refractivity contribution in [3.63, 3.8) is 0 Å². The van der Waals surface area contributed by atoms with Crippen molar-refractivity contribution in [1.29, 1.82) is 0 Å². The molecule has 0 aliphatic carbocycles. The Hall–Kier alpha value is 0.793. The third-order valence-corrected chi connectivity index (χ3v) is 3.09. The minimum Gasteiger partial charge on any atom is -0.694 e.